The minimum absolute atomic E-state index is 1.09. The zero-order valence-electron chi connectivity index (χ0n) is 6.14. The molecule has 0 fully saturated rings. The molecule has 0 aliphatic heterocycles. The summed E-state index contributed by atoms with van der Waals surface area (Å²) in [6.07, 6.45) is 1.78. The molecule has 0 saturated carbocycles. The number of nitrogens with zero attached hydrogens (tertiary/aromatic N) is 3. The van der Waals surface area contributed by atoms with E-state index in [1.54, 1.807) is 17.5 Å². The van der Waals surface area contributed by atoms with Crippen LogP contribution in [0.3, 0.4) is 0 Å². The first-order valence-corrected chi connectivity index (χ1v) is 4.45. The number of hydrogen-bond donors (Lipinski definition) is 0. The van der Waals surface area contributed by atoms with Crippen LogP contribution >= 0.6 is 11.3 Å². The molecule has 1 aromatic carbocycles. The van der Waals surface area contributed by atoms with Gasteiger partial charge in [-0.05, 0) is 12.1 Å². The molecule has 0 amide bonds. The molecule has 2 aromatic heterocycles. The fourth-order valence-electron chi connectivity index (χ4n) is 1.29. The van der Waals surface area contributed by atoms with Gasteiger partial charge in [-0.3, -0.25) is 0 Å². The molecule has 58 valence electrons. The smallest absolute Gasteiger partial charge is 0.140 e. The Labute approximate surface area is 72.2 Å². The third-order valence-electron chi connectivity index (χ3n) is 1.83. The summed E-state index contributed by atoms with van der Waals surface area (Å²) in [5.41, 5.74) is 1.13. The lowest BCUT2D eigenvalue weighted by Gasteiger charge is -1.85. The van der Waals surface area contributed by atoms with Gasteiger partial charge in [0, 0.05) is 0 Å². The fraction of sp³-hybridized carbons (Fsp3) is 0. The molecule has 4 heteroatoms. The van der Waals surface area contributed by atoms with E-state index in [0.29, 0.717) is 0 Å². The quantitative estimate of drug-likeness (QED) is 0.522. The molecule has 0 spiro atoms. The molecule has 3 aromatic rings. The van der Waals surface area contributed by atoms with Crippen LogP contribution in [0.4, 0.5) is 0 Å². The van der Waals surface area contributed by atoms with Crippen molar-refractivity contribution in [1.29, 1.82) is 0 Å². The highest BCUT2D eigenvalue weighted by Gasteiger charge is 2.03. The third kappa shape index (κ3) is 0.648. The Morgan fingerprint density at radius 3 is 3.17 bits per heavy atom. The summed E-state index contributed by atoms with van der Waals surface area (Å²) >= 11 is 1.71. The van der Waals surface area contributed by atoms with Crippen molar-refractivity contribution in [3.63, 3.8) is 0 Å². The van der Waals surface area contributed by atoms with Crippen molar-refractivity contribution in [2.45, 2.75) is 0 Å². The average molecular weight is 175 g/mol. The van der Waals surface area contributed by atoms with Crippen molar-refractivity contribution in [2.24, 2.45) is 0 Å². The first-order chi connectivity index (χ1) is 5.95. The highest BCUT2D eigenvalue weighted by molar-refractivity contribution is 7.23. The first kappa shape index (κ1) is 6.14. The van der Waals surface area contributed by atoms with Gasteiger partial charge in [-0.15, -0.1) is 16.4 Å². The topological polar surface area (TPSA) is 30.2 Å². The lowest BCUT2D eigenvalue weighted by molar-refractivity contribution is 0.887. The molecule has 0 atom stereocenters. The van der Waals surface area contributed by atoms with E-state index in [0.717, 1.165) is 10.3 Å². The predicted molar refractivity (Wildman–Crippen MR) is 48.4 cm³/mol. The number of aromatic nitrogens is 3. The zero-order valence-corrected chi connectivity index (χ0v) is 6.95. The Kier molecular flexibility index (Phi) is 1.04. The monoisotopic (exact) mass is 175 g/mol. The van der Waals surface area contributed by atoms with Gasteiger partial charge in [0.1, 0.15) is 4.83 Å². The van der Waals surface area contributed by atoms with Crippen LogP contribution in [0.2, 0.25) is 0 Å². The van der Waals surface area contributed by atoms with E-state index in [1.807, 2.05) is 22.7 Å². The van der Waals surface area contributed by atoms with Crippen LogP contribution in [0.5, 0.6) is 0 Å². The van der Waals surface area contributed by atoms with Crippen LogP contribution < -0.4 is 0 Å². The Hall–Kier alpha value is -1.42. The van der Waals surface area contributed by atoms with E-state index >= 15 is 0 Å². The lowest BCUT2D eigenvalue weighted by atomic mass is 10.3. The summed E-state index contributed by atoms with van der Waals surface area (Å²) in [5.74, 6) is 0. The van der Waals surface area contributed by atoms with Gasteiger partial charge in [-0.1, -0.05) is 17.3 Å². The molecule has 0 aliphatic rings. The summed E-state index contributed by atoms with van der Waals surface area (Å²) in [7, 11) is 0. The number of rotatable bonds is 0. The number of hydrogen-bond acceptors (Lipinski definition) is 3. The molecule has 0 unspecified atom stereocenters. The molecule has 2 heterocycles. The number of fused-ring (bicyclic) bond motifs is 3. The van der Waals surface area contributed by atoms with E-state index in [1.165, 1.54) is 4.70 Å². The fourth-order valence-corrected chi connectivity index (χ4v) is 2.25. The van der Waals surface area contributed by atoms with Crippen LogP contribution in [0.25, 0.3) is 15.0 Å². The van der Waals surface area contributed by atoms with Gasteiger partial charge in [-0.25, -0.2) is 4.52 Å². The molecule has 3 nitrogen and oxygen atoms in total. The van der Waals surface area contributed by atoms with Gasteiger partial charge in [0.2, 0.25) is 0 Å². The summed E-state index contributed by atoms with van der Waals surface area (Å²) in [5, 5.41) is 7.82. The zero-order chi connectivity index (χ0) is 7.97. The third-order valence-corrected chi connectivity index (χ3v) is 2.88. The van der Waals surface area contributed by atoms with Crippen LogP contribution in [0, 0.1) is 0 Å². The highest BCUT2D eigenvalue weighted by Crippen LogP contribution is 2.24. The average Bonchev–Trinajstić information content (AvgIpc) is 2.62. The van der Waals surface area contributed by atoms with Crippen molar-refractivity contribution in [3.8, 4) is 0 Å². The van der Waals surface area contributed by atoms with Gasteiger partial charge in [0.15, 0.2) is 0 Å². The van der Waals surface area contributed by atoms with Crippen LogP contribution in [0.1, 0.15) is 0 Å². The lowest BCUT2D eigenvalue weighted by Crippen LogP contribution is -1.82. The maximum Gasteiger partial charge on any atom is 0.140 e. The van der Waals surface area contributed by atoms with Gasteiger partial charge in [-0.2, -0.15) is 0 Å². The largest absolute Gasteiger partial charge is 0.202 e. The Balaban J connectivity index is 2.68. The standard InChI is InChI=1S/C8H5N3S/c1-2-4-7-6(3-1)11-8(12-7)5-9-10-11/h1-5H. The summed E-state index contributed by atoms with van der Waals surface area (Å²) < 4.78 is 3.11. The minimum Gasteiger partial charge on any atom is -0.202 e. The van der Waals surface area contributed by atoms with Crippen molar-refractivity contribution in [1.82, 2.24) is 14.8 Å². The number of para-hydroxylation sites is 1. The van der Waals surface area contributed by atoms with Gasteiger partial charge in [0.25, 0.3) is 0 Å². The summed E-state index contributed by atoms with van der Waals surface area (Å²) in [6.45, 7) is 0. The highest BCUT2D eigenvalue weighted by atomic mass is 32.1. The second kappa shape index (κ2) is 2.04. The molecule has 0 radical (unpaired) electrons. The molecule has 3 rings (SSSR count). The van der Waals surface area contributed by atoms with E-state index < -0.39 is 0 Å². The summed E-state index contributed by atoms with van der Waals surface area (Å²) in [4.78, 5) is 1.09. The number of thiazole rings is 1. The molecule has 0 N–H and O–H groups in total. The molecule has 0 aliphatic carbocycles. The maximum absolute atomic E-state index is 3.98. The summed E-state index contributed by atoms with van der Waals surface area (Å²) in [6, 6.07) is 8.18. The van der Waals surface area contributed by atoms with Gasteiger partial charge >= 0.3 is 0 Å². The van der Waals surface area contributed by atoms with Crippen LogP contribution in [-0.2, 0) is 0 Å². The second-order valence-corrected chi connectivity index (χ2v) is 3.62. The molecule has 12 heavy (non-hydrogen) atoms. The van der Waals surface area contributed by atoms with E-state index in [2.05, 4.69) is 16.4 Å². The van der Waals surface area contributed by atoms with Crippen molar-refractivity contribution >= 4 is 26.4 Å². The van der Waals surface area contributed by atoms with E-state index in [-0.39, 0.29) is 0 Å². The minimum atomic E-state index is 1.09. The van der Waals surface area contributed by atoms with Gasteiger partial charge in [0.05, 0.1) is 16.4 Å². The van der Waals surface area contributed by atoms with Crippen molar-refractivity contribution in [3.05, 3.63) is 30.5 Å². The normalized spacial score (nSPS) is 11.3. The Morgan fingerprint density at radius 2 is 2.17 bits per heavy atom. The second-order valence-electron chi connectivity index (χ2n) is 2.55. The number of benzene rings is 1. The van der Waals surface area contributed by atoms with E-state index in [4.69, 9.17) is 0 Å². The Bertz CT molecular complexity index is 536. The van der Waals surface area contributed by atoms with Crippen molar-refractivity contribution in [2.75, 3.05) is 0 Å². The Morgan fingerprint density at radius 1 is 1.25 bits per heavy atom. The SMILES string of the molecule is c1ccc2c(c1)sc1cnnn12. The molecular formula is C8H5N3S. The molecule has 0 bridgehead atoms. The maximum atomic E-state index is 3.98. The van der Waals surface area contributed by atoms with Crippen LogP contribution in [0.15, 0.2) is 30.5 Å². The predicted octanol–water partition coefficient (Wildman–Crippen LogP) is 1.94. The van der Waals surface area contributed by atoms with Crippen molar-refractivity contribution < 1.29 is 0 Å². The molecular weight excluding hydrogens is 170 g/mol. The first-order valence-electron chi connectivity index (χ1n) is 3.63. The van der Waals surface area contributed by atoms with E-state index in [9.17, 15) is 0 Å². The molecule has 0 saturated heterocycles. The van der Waals surface area contributed by atoms with Crippen LogP contribution in [-0.4, -0.2) is 14.8 Å². The van der Waals surface area contributed by atoms with Gasteiger partial charge < -0.3 is 0 Å².